The Kier molecular flexibility index (Phi) is 10.8. The summed E-state index contributed by atoms with van der Waals surface area (Å²) in [5, 5.41) is 0.0465. The quantitative estimate of drug-likeness (QED) is 0.407. The molecule has 0 spiro atoms. The van der Waals surface area contributed by atoms with Crippen LogP contribution in [0.5, 0.6) is 0 Å². The van der Waals surface area contributed by atoms with Gasteiger partial charge in [0.05, 0.1) is 0 Å². The second kappa shape index (κ2) is 9.12. The molecule has 102 valence electrons. The summed E-state index contributed by atoms with van der Waals surface area (Å²) in [6.07, 6.45) is 0. The van der Waals surface area contributed by atoms with E-state index in [1.807, 2.05) is 0 Å². The maximum absolute atomic E-state index is 11.2. The minimum atomic E-state index is -4.47. The fourth-order valence-electron chi connectivity index (χ4n) is 1.70. The van der Waals surface area contributed by atoms with Gasteiger partial charge in [0.15, 0.2) is 0 Å². The Labute approximate surface area is 193 Å². The van der Waals surface area contributed by atoms with Crippen LogP contribution in [-0.2, 0) is 20.2 Å². The number of hydrogen-bond acceptors (Lipinski definition) is 4. The van der Waals surface area contributed by atoms with Crippen LogP contribution in [0.3, 0.4) is 0 Å². The van der Waals surface area contributed by atoms with E-state index in [4.69, 9.17) is 9.11 Å². The van der Waals surface area contributed by atoms with E-state index in [0.29, 0.717) is 0 Å². The zero-order valence-corrected chi connectivity index (χ0v) is 19.4. The Morgan fingerprint density at radius 3 is 1.19 bits per heavy atom. The number of rotatable bonds is 2. The first-order chi connectivity index (χ1) is 8.21. The van der Waals surface area contributed by atoms with Crippen LogP contribution in [0.15, 0.2) is 46.2 Å². The van der Waals surface area contributed by atoms with Gasteiger partial charge < -0.3 is 4.28 Å². The minimum Gasteiger partial charge on any atom is -1.00 e. The van der Waals surface area contributed by atoms with Crippen LogP contribution in [-0.4, -0.2) is 25.9 Å². The Bertz CT molecular complexity index is 775. The largest absolute Gasteiger partial charge is 1.00 e. The SMILES string of the molecule is O=S(=O)(O)c1cccc2c(S(=O)(=O)O)cccc12.[H-].[H-].[H-].[Na+].[Na+].[Na+]. The predicted molar refractivity (Wildman–Crippen MR) is 66.9 cm³/mol. The van der Waals surface area contributed by atoms with E-state index < -0.39 is 30.0 Å². The van der Waals surface area contributed by atoms with Gasteiger partial charge in [0, 0.05) is 10.8 Å². The minimum absolute atomic E-state index is 0. The molecule has 6 nitrogen and oxygen atoms in total. The molecule has 0 aromatic heterocycles. The van der Waals surface area contributed by atoms with Crippen molar-refractivity contribution in [1.82, 2.24) is 0 Å². The first-order valence-corrected chi connectivity index (χ1v) is 7.56. The third-order valence-electron chi connectivity index (χ3n) is 2.40. The molecule has 0 aliphatic carbocycles. The smallest absolute Gasteiger partial charge is 1.00 e. The molecule has 2 N–H and O–H groups in total. The molecule has 2 aromatic rings. The van der Waals surface area contributed by atoms with Gasteiger partial charge in [-0.15, -0.1) is 0 Å². The molecule has 21 heavy (non-hydrogen) atoms. The fourth-order valence-corrected chi connectivity index (χ4v) is 3.12. The summed E-state index contributed by atoms with van der Waals surface area (Å²) in [4.78, 5) is -0.823. The Balaban J connectivity index is -0.000000201. The van der Waals surface area contributed by atoms with Gasteiger partial charge in [-0.05, 0) is 12.1 Å². The van der Waals surface area contributed by atoms with Crippen LogP contribution in [0.1, 0.15) is 4.28 Å². The molecule has 0 fully saturated rings. The molecular formula is C10H11Na3O6S2. The average molecular weight is 360 g/mol. The standard InChI is InChI=1S/C10H8O6S2.3Na.3H/c11-17(12,13)9-5-1-3-7-8(9)4-2-6-10(7)18(14,15)16;;;;;;/h1-6H,(H,11,12,13)(H,14,15,16);;;;;;/q;3*+1;3*-1. The summed E-state index contributed by atoms with van der Waals surface area (Å²) in [6.45, 7) is 0. The van der Waals surface area contributed by atoms with Crippen molar-refractivity contribution in [3.05, 3.63) is 36.4 Å². The van der Waals surface area contributed by atoms with E-state index in [1.165, 1.54) is 24.3 Å². The Hall–Kier alpha value is 1.52. The summed E-state index contributed by atoms with van der Waals surface area (Å²) >= 11 is 0. The van der Waals surface area contributed by atoms with Crippen LogP contribution < -0.4 is 88.7 Å². The van der Waals surface area contributed by atoms with Gasteiger partial charge in [0.25, 0.3) is 20.2 Å². The van der Waals surface area contributed by atoms with Crippen LogP contribution in [0, 0.1) is 0 Å². The van der Waals surface area contributed by atoms with Gasteiger partial charge in [-0.3, -0.25) is 9.11 Å². The van der Waals surface area contributed by atoms with E-state index in [9.17, 15) is 16.8 Å². The third-order valence-corrected chi connectivity index (χ3v) is 4.22. The van der Waals surface area contributed by atoms with Crippen molar-refractivity contribution in [3.8, 4) is 0 Å². The monoisotopic (exact) mass is 360 g/mol. The normalized spacial score (nSPS) is 11.0. The van der Waals surface area contributed by atoms with Gasteiger partial charge in [0.1, 0.15) is 9.79 Å². The van der Waals surface area contributed by atoms with Gasteiger partial charge >= 0.3 is 88.7 Å². The zero-order chi connectivity index (χ0) is 13.6. The van der Waals surface area contributed by atoms with E-state index in [1.54, 1.807) is 0 Å². The molecule has 0 radical (unpaired) electrons. The molecule has 11 heteroatoms. The van der Waals surface area contributed by atoms with Crippen molar-refractivity contribution in [3.63, 3.8) is 0 Å². The maximum atomic E-state index is 11.2. The fraction of sp³-hybridized carbons (Fsp3) is 0. The van der Waals surface area contributed by atoms with Gasteiger partial charge in [-0.25, -0.2) is 0 Å². The molecule has 0 saturated carbocycles. The van der Waals surface area contributed by atoms with Crippen molar-refractivity contribution >= 4 is 31.0 Å². The van der Waals surface area contributed by atoms with Crippen LogP contribution in [0.2, 0.25) is 0 Å². The summed E-state index contributed by atoms with van der Waals surface area (Å²) in [6, 6.07) is 7.53. The Morgan fingerprint density at radius 1 is 0.667 bits per heavy atom. The van der Waals surface area contributed by atoms with Crippen molar-refractivity contribution in [2.24, 2.45) is 0 Å². The third kappa shape index (κ3) is 5.82. The van der Waals surface area contributed by atoms with Gasteiger partial charge in [-0.2, -0.15) is 16.8 Å². The number of fused-ring (bicyclic) bond motifs is 1. The van der Waals surface area contributed by atoms with Crippen molar-refractivity contribution in [2.45, 2.75) is 9.79 Å². The van der Waals surface area contributed by atoms with Crippen molar-refractivity contribution < 1.29 is 119 Å². The van der Waals surface area contributed by atoms with Crippen molar-refractivity contribution in [1.29, 1.82) is 0 Å². The van der Waals surface area contributed by atoms with E-state index >= 15 is 0 Å². The van der Waals surface area contributed by atoms with Crippen LogP contribution in [0.25, 0.3) is 10.8 Å². The van der Waals surface area contributed by atoms with E-state index in [-0.39, 0.29) is 104 Å². The van der Waals surface area contributed by atoms with Crippen molar-refractivity contribution in [2.75, 3.05) is 0 Å². The molecule has 0 aliphatic rings. The molecule has 0 atom stereocenters. The van der Waals surface area contributed by atoms with Gasteiger partial charge in [0.2, 0.25) is 0 Å². The molecular weight excluding hydrogens is 349 g/mol. The number of benzene rings is 2. The second-order valence-electron chi connectivity index (χ2n) is 3.56. The summed E-state index contributed by atoms with van der Waals surface area (Å²) in [5.74, 6) is 0. The Morgan fingerprint density at radius 2 is 0.952 bits per heavy atom. The summed E-state index contributed by atoms with van der Waals surface area (Å²) in [5.41, 5.74) is 0. The average Bonchev–Trinajstić information content (AvgIpc) is 2.24. The first-order valence-electron chi connectivity index (χ1n) is 4.68. The van der Waals surface area contributed by atoms with E-state index in [2.05, 4.69) is 0 Å². The summed E-state index contributed by atoms with van der Waals surface area (Å²) in [7, 11) is -8.94. The van der Waals surface area contributed by atoms with Crippen LogP contribution >= 0.6 is 0 Å². The molecule has 0 aliphatic heterocycles. The maximum Gasteiger partial charge on any atom is 1.00 e. The molecule has 0 unspecified atom stereocenters. The molecule has 2 rings (SSSR count). The second-order valence-corrected chi connectivity index (χ2v) is 6.34. The molecule has 2 aromatic carbocycles. The molecule has 0 saturated heterocycles. The summed E-state index contributed by atoms with van der Waals surface area (Å²) < 4.78 is 62.7. The topological polar surface area (TPSA) is 109 Å². The predicted octanol–water partition coefficient (Wildman–Crippen LogP) is -7.32. The van der Waals surface area contributed by atoms with E-state index in [0.717, 1.165) is 12.1 Å². The molecule has 0 bridgehead atoms. The number of hydrogen-bond donors (Lipinski definition) is 2. The molecule has 0 heterocycles. The first kappa shape index (κ1) is 24.8. The van der Waals surface area contributed by atoms with Gasteiger partial charge in [-0.1, -0.05) is 24.3 Å². The zero-order valence-electron chi connectivity index (χ0n) is 14.8. The van der Waals surface area contributed by atoms with Crippen LogP contribution in [0.4, 0.5) is 0 Å². The molecule has 0 amide bonds.